The molecule has 31 heavy (non-hydrogen) atoms. The zero-order valence-corrected chi connectivity index (χ0v) is 19.9. The number of fused-ring (bicyclic) bond motifs is 6. The van der Waals surface area contributed by atoms with Crippen molar-refractivity contribution < 1.29 is 16.6 Å². The van der Waals surface area contributed by atoms with Gasteiger partial charge in [0.1, 0.15) is 0 Å². The molecule has 4 aromatic carbocycles. The van der Waals surface area contributed by atoms with Crippen molar-refractivity contribution in [3.8, 4) is 22.3 Å². The zero-order valence-electron chi connectivity index (χ0n) is 18.3. The summed E-state index contributed by atoms with van der Waals surface area (Å²) in [5.41, 5.74) is 15.5. The van der Waals surface area contributed by atoms with Gasteiger partial charge in [-0.05, 0) is 0 Å². The van der Waals surface area contributed by atoms with Crippen molar-refractivity contribution in [2.45, 2.75) is 31.7 Å². The molecule has 7 rings (SSSR count). The predicted octanol–water partition coefficient (Wildman–Crippen LogP) is 8.24. The summed E-state index contributed by atoms with van der Waals surface area (Å²) in [5, 5.41) is 5.41. The molecule has 0 bridgehead atoms. The van der Waals surface area contributed by atoms with E-state index in [1.165, 1.54) is 22.3 Å². The van der Waals surface area contributed by atoms with Crippen molar-refractivity contribution in [3.05, 3.63) is 118 Å². The summed E-state index contributed by atoms with van der Waals surface area (Å²) in [6, 6.07) is 32.7. The van der Waals surface area contributed by atoms with E-state index in [0.717, 1.165) is 0 Å². The zero-order chi connectivity index (χ0) is 20.9. The Hall–Kier alpha value is -2.41. The Balaban J connectivity index is 1.65. The number of benzene rings is 4. The molecule has 0 saturated carbocycles. The van der Waals surface area contributed by atoms with Crippen LogP contribution in [0.2, 0.25) is 10.5 Å². The number of rotatable bonds is 0. The van der Waals surface area contributed by atoms with E-state index in [4.69, 9.17) is 0 Å². The van der Waals surface area contributed by atoms with Gasteiger partial charge in [0.05, 0.1) is 0 Å². The third-order valence-electron chi connectivity index (χ3n) is 8.40. The van der Waals surface area contributed by atoms with E-state index in [1.807, 2.05) is 0 Å². The first-order valence-corrected chi connectivity index (χ1v) is 16.5. The Morgan fingerprint density at radius 3 is 1.35 bits per heavy atom. The molecule has 0 nitrogen and oxygen atoms in total. The van der Waals surface area contributed by atoms with E-state index in [9.17, 15) is 0 Å². The van der Waals surface area contributed by atoms with E-state index in [2.05, 4.69) is 102 Å². The van der Waals surface area contributed by atoms with Crippen molar-refractivity contribution in [2.24, 2.45) is 0 Å². The molecular weight excluding hydrogens is 408 g/mol. The minimum absolute atomic E-state index is 0.414. The molecule has 1 aliphatic heterocycles. The van der Waals surface area contributed by atoms with E-state index in [1.54, 1.807) is 33.4 Å². The quantitative estimate of drug-likeness (QED) is 0.245. The summed E-state index contributed by atoms with van der Waals surface area (Å²) in [6.45, 7) is 2.44. The monoisotopic (exact) mass is 434 g/mol. The molecule has 0 saturated heterocycles. The van der Waals surface area contributed by atoms with Crippen molar-refractivity contribution in [2.75, 3.05) is 0 Å². The van der Waals surface area contributed by atoms with E-state index in [0.29, 0.717) is 14.4 Å². The van der Waals surface area contributed by atoms with Gasteiger partial charge in [-0.15, -0.1) is 0 Å². The van der Waals surface area contributed by atoms with Crippen molar-refractivity contribution in [1.82, 2.24) is 0 Å². The third-order valence-corrected chi connectivity index (χ3v) is 14.9. The van der Waals surface area contributed by atoms with Crippen LogP contribution in [0.3, 0.4) is 0 Å². The van der Waals surface area contributed by atoms with E-state index < -0.39 is 16.6 Å². The van der Waals surface area contributed by atoms with Crippen LogP contribution in [0.15, 0.2) is 84.9 Å². The Kier molecular flexibility index (Phi) is 3.58. The summed E-state index contributed by atoms with van der Waals surface area (Å²) in [5.74, 6) is 0.414. The first-order chi connectivity index (χ1) is 15.1. The van der Waals surface area contributed by atoms with Gasteiger partial charge in [0.25, 0.3) is 0 Å². The molecule has 150 valence electrons. The van der Waals surface area contributed by atoms with Gasteiger partial charge in [0.2, 0.25) is 0 Å². The van der Waals surface area contributed by atoms with Gasteiger partial charge in [0.15, 0.2) is 0 Å². The Labute approximate surface area is 188 Å². The van der Waals surface area contributed by atoms with Gasteiger partial charge in [-0.1, -0.05) is 0 Å². The maximum absolute atomic E-state index is 2.70. The van der Waals surface area contributed by atoms with E-state index in [-0.39, 0.29) is 0 Å². The van der Waals surface area contributed by atoms with E-state index >= 15 is 0 Å². The van der Waals surface area contributed by atoms with Crippen LogP contribution in [0, 0.1) is 0 Å². The molecule has 4 aromatic rings. The first kappa shape index (κ1) is 18.2. The second-order valence-corrected chi connectivity index (χ2v) is 17.7. The Morgan fingerprint density at radius 2 is 0.871 bits per heavy atom. The fraction of sp³-hybridized carbons (Fsp3) is 0.200. The Morgan fingerprint density at radius 1 is 0.484 bits per heavy atom. The van der Waals surface area contributed by atoms with Crippen molar-refractivity contribution >= 4 is 0 Å². The van der Waals surface area contributed by atoms with Crippen LogP contribution >= 0.6 is 0 Å². The second kappa shape index (κ2) is 6.09. The van der Waals surface area contributed by atoms with Crippen LogP contribution < -0.4 is 0 Å². The van der Waals surface area contributed by atoms with Crippen molar-refractivity contribution in [1.29, 1.82) is 0 Å². The molecule has 0 amide bonds. The first-order valence-electron chi connectivity index (χ1n) is 11.5. The molecule has 1 heterocycles. The van der Waals surface area contributed by atoms with Crippen LogP contribution in [0.4, 0.5) is 0 Å². The number of hydrogen-bond acceptors (Lipinski definition) is 0. The molecule has 1 heteroatoms. The fourth-order valence-corrected chi connectivity index (χ4v) is 14.4. The average Bonchev–Trinajstić information content (AvgIpc) is 3.32. The van der Waals surface area contributed by atoms with Gasteiger partial charge in [-0.2, -0.15) is 0 Å². The molecule has 2 atom stereocenters. The topological polar surface area (TPSA) is 0 Å². The summed E-state index contributed by atoms with van der Waals surface area (Å²) in [6.07, 6.45) is 0. The molecule has 2 unspecified atom stereocenters. The van der Waals surface area contributed by atoms with Gasteiger partial charge in [-0.25, -0.2) is 0 Å². The average molecular weight is 434 g/mol. The standard InChI is InChI=1S/C28H20.2CH3.Ti/c1-18(21-12-6-14-25-23-10-4-2-8-19(23)16-27(21)25)22-13-7-15-26-24-11-5-3-9-20(24)17-28(22)26;;;/h2-18H,1H3;2*1H3;. The molecular formula is C30H26Ti. The third kappa shape index (κ3) is 2.15. The molecule has 0 aromatic heterocycles. The number of hydrogen-bond donors (Lipinski definition) is 0. The normalized spacial score (nSPS) is 23.3. The summed E-state index contributed by atoms with van der Waals surface area (Å²) >= 11 is -2.53. The summed E-state index contributed by atoms with van der Waals surface area (Å²) in [4.78, 5) is 0. The summed E-state index contributed by atoms with van der Waals surface area (Å²) < 4.78 is 1.17. The summed E-state index contributed by atoms with van der Waals surface area (Å²) in [7, 11) is 0. The van der Waals surface area contributed by atoms with Crippen LogP contribution in [-0.4, -0.2) is 0 Å². The van der Waals surface area contributed by atoms with Crippen LogP contribution in [-0.2, 0) is 16.6 Å². The second-order valence-electron chi connectivity index (χ2n) is 10.2. The van der Waals surface area contributed by atoms with Crippen LogP contribution in [0.25, 0.3) is 22.3 Å². The minimum atomic E-state index is -2.53. The van der Waals surface area contributed by atoms with Gasteiger partial charge >= 0.3 is 189 Å². The fourth-order valence-electron chi connectivity index (χ4n) is 7.21. The molecule has 0 N–H and O–H groups in total. The van der Waals surface area contributed by atoms with Crippen molar-refractivity contribution in [3.63, 3.8) is 0 Å². The van der Waals surface area contributed by atoms with Gasteiger partial charge in [-0.3, -0.25) is 0 Å². The maximum atomic E-state index is 2.70. The Bertz CT molecular complexity index is 1290. The predicted molar refractivity (Wildman–Crippen MR) is 127 cm³/mol. The molecule has 2 aliphatic carbocycles. The van der Waals surface area contributed by atoms with Gasteiger partial charge < -0.3 is 0 Å². The SMILES string of the molecule is CC1c2cccc3c2[CH](c2ccccc2-3)[Ti]([CH3])([CH3])[CH]2c3ccccc3-c3cccc1c32. The molecule has 0 spiro atoms. The van der Waals surface area contributed by atoms with Crippen LogP contribution in [0.5, 0.6) is 0 Å². The van der Waals surface area contributed by atoms with Gasteiger partial charge in [0, 0.05) is 0 Å². The van der Waals surface area contributed by atoms with Crippen LogP contribution in [0.1, 0.15) is 54.7 Å². The molecule has 0 fully saturated rings. The molecule has 3 aliphatic rings. The molecule has 0 radical (unpaired) electrons.